The normalized spacial score (nSPS) is 27.6. The molecule has 0 bridgehead atoms. The monoisotopic (exact) mass is 304 g/mol. The number of hydrogen-bond donors (Lipinski definition) is 0. The second kappa shape index (κ2) is 6.05. The number of halogens is 1. The molecular formula is C13H21FN2O3S. The first-order chi connectivity index (χ1) is 9.18. The van der Waals surface area contributed by atoms with E-state index in [4.69, 9.17) is 0 Å². The van der Waals surface area contributed by atoms with E-state index in [1.54, 1.807) is 13.8 Å². The van der Waals surface area contributed by atoms with Crippen molar-refractivity contribution in [1.29, 1.82) is 0 Å². The van der Waals surface area contributed by atoms with E-state index in [1.165, 1.54) is 43.2 Å². The second-order valence-corrected chi connectivity index (χ2v) is 6.97. The summed E-state index contributed by atoms with van der Waals surface area (Å²) in [5, 5.41) is -1.29. The molecular weight excluding hydrogens is 283 g/mol. The predicted molar refractivity (Wildman–Crippen MR) is 76.2 cm³/mol. The fourth-order valence-electron chi connectivity index (χ4n) is 2.18. The van der Waals surface area contributed by atoms with Crippen LogP contribution in [0.5, 0.6) is 0 Å². The SMILES string of the molecule is CCN(C(C)N(C)C=O)S(=O)(=O)C1C=CC=CC1(C)F. The quantitative estimate of drug-likeness (QED) is 0.549. The van der Waals surface area contributed by atoms with Crippen LogP contribution in [0.1, 0.15) is 20.8 Å². The number of alkyl halides is 1. The van der Waals surface area contributed by atoms with Crippen LogP contribution in [0.15, 0.2) is 24.3 Å². The van der Waals surface area contributed by atoms with Crippen molar-refractivity contribution in [3.05, 3.63) is 24.3 Å². The summed E-state index contributed by atoms with van der Waals surface area (Å²) in [6, 6.07) is 0. The zero-order valence-electron chi connectivity index (χ0n) is 12.2. The molecule has 1 rings (SSSR count). The van der Waals surface area contributed by atoms with Crippen molar-refractivity contribution in [3.63, 3.8) is 0 Å². The average molecular weight is 304 g/mol. The van der Waals surface area contributed by atoms with Crippen molar-refractivity contribution in [3.8, 4) is 0 Å². The number of rotatable bonds is 6. The van der Waals surface area contributed by atoms with Crippen molar-refractivity contribution in [1.82, 2.24) is 9.21 Å². The van der Waals surface area contributed by atoms with Crippen LogP contribution in [0.4, 0.5) is 4.39 Å². The molecule has 0 fully saturated rings. The van der Waals surface area contributed by atoms with E-state index >= 15 is 0 Å². The maximum atomic E-state index is 14.4. The van der Waals surface area contributed by atoms with Crippen LogP contribution in [-0.2, 0) is 14.8 Å². The first kappa shape index (κ1) is 16.8. The van der Waals surface area contributed by atoms with Crippen molar-refractivity contribution in [2.24, 2.45) is 0 Å². The Labute approximate surface area is 119 Å². The minimum atomic E-state index is -3.92. The van der Waals surface area contributed by atoms with E-state index in [0.717, 1.165) is 4.31 Å². The first-order valence-electron chi connectivity index (χ1n) is 6.41. The number of carbonyl (C=O) groups excluding carboxylic acids is 1. The van der Waals surface area contributed by atoms with Gasteiger partial charge in [-0.15, -0.1) is 0 Å². The molecule has 0 aromatic carbocycles. The van der Waals surface area contributed by atoms with Gasteiger partial charge in [0.15, 0.2) is 0 Å². The smallest absolute Gasteiger partial charge is 0.225 e. The molecule has 114 valence electrons. The summed E-state index contributed by atoms with van der Waals surface area (Å²) >= 11 is 0. The van der Waals surface area contributed by atoms with Gasteiger partial charge < -0.3 is 4.90 Å². The van der Waals surface area contributed by atoms with Crippen LogP contribution < -0.4 is 0 Å². The Hall–Kier alpha value is -1.21. The van der Waals surface area contributed by atoms with Gasteiger partial charge in [0.05, 0.1) is 6.17 Å². The van der Waals surface area contributed by atoms with Gasteiger partial charge in [0.2, 0.25) is 16.4 Å². The van der Waals surface area contributed by atoms with E-state index in [2.05, 4.69) is 0 Å². The lowest BCUT2D eigenvalue weighted by atomic mass is 9.99. The fourth-order valence-corrected chi connectivity index (χ4v) is 4.35. The molecule has 0 heterocycles. The van der Waals surface area contributed by atoms with Gasteiger partial charge in [0, 0.05) is 13.6 Å². The van der Waals surface area contributed by atoms with Gasteiger partial charge in [-0.25, -0.2) is 12.8 Å². The molecule has 1 aliphatic carbocycles. The van der Waals surface area contributed by atoms with E-state index in [-0.39, 0.29) is 6.54 Å². The maximum Gasteiger partial charge on any atom is 0.225 e. The van der Waals surface area contributed by atoms with Gasteiger partial charge in [0.25, 0.3) is 0 Å². The highest BCUT2D eigenvalue weighted by molar-refractivity contribution is 7.90. The number of carbonyl (C=O) groups is 1. The Bertz CT molecular complexity index is 514. The van der Waals surface area contributed by atoms with Crippen LogP contribution in [0.2, 0.25) is 0 Å². The standard InChI is InChI=1S/C13H21FN2O3S/c1-5-16(11(2)15(4)10-17)20(18,19)12-8-6-7-9-13(12,3)14/h6-12H,5H2,1-4H3. The van der Waals surface area contributed by atoms with E-state index in [9.17, 15) is 17.6 Å². The highest BCUT2D eigenvalue weighted by atomic mass is 32.2. The van der Waals surface area contributed by atoms with Crippen LogP contribution in [-0.4, -0.2) is 54.7 Å². The zero-order chi connectivity index (χ0) is 15.6. The third-order valence-corrected chi connectivity index (χ3v) is 5.98. The number of allylic oxidation sites excluding steroid dienone is 3. The lowest BCUT2D eigenvalue weighted by Gasteiger charge is -2.37. The molecule has 3 atom stereocenters. The summed E-state index contributed by atoms with van der Waals surface area (Å²) in [4.78, 5) is 12.0. The molecule has 1 aliphatic rings. The molecule has 0 spiro atoms. The third kappa shape index (κ3) is 3.09. The topological polar surface area (TPSA) is 57.7 Å². The van der Waals surface area contributed by atoms with Crippen LogP contribution >= 0.6 is 0 Å². The second-order valence-electron chi connectivity index (χ2n) is 4.97. The third-order valence-electron chi connectivity index (χ3n) is 3.51. The highest BCUT2D eigenvalue weighted by Gasteiger charge is 2.45. The Morgan fingerprint density at radius 3 is 2.50 bits per heavy atom. The minimum absolute atomic E-state index is 0.159. The molecule has 0 saturated heterocycles. The lowest BCUT2D eigenvalue weighted by molar-refractivity contribution is -0.120. The van der Waals surface area contributed by atoms with E-state index in [0.29, 0.717) is 6.41 Å². The Kier molecular flexibility index (Phi) is 5.10. The number of hydrogen-bond acceptors (Lipinski definition) is 3. The molecule has 3 unspecified atom stereocenters. The van der Waals surface area contributed by atoms with Crippen molar-refractivity contribution in [2.75, 3.05) is 13.6 Å². The first-order valence-corrected chi connectivity index (χ1v) is 7.91. The van der Waals surface area contributed by atoms with Gasteiger partial charge in [-0.2, -0.15) is 4.31 Å². The van der Waals surface area contributed by atoms with Gasteiger partial charge in [-0.05, 0) is 19.9 Å². The summed E-state index contributed by atoms with van der Waals surface area (Å²) in [6.07, 6.45) is 5.46. The fraction of sp³-hybridized carbons (Fsp3) is 0.615. The highest BCUT2D eigenvalue weighted by Crippen LogP contribution is 2.30. The number of amides is 1. The molecule has 0 aliphatic heterocycles. The van der Waals surface area contributed by atoms with E-state index in [1.807, 2.05) is 0 Å². The Morgan fingerprint density at radius 1 is 1.45 bits per heavy atom. The number of nitrogens with zero attached hydrogens (tertiary/aromatic N) is 2. The zero-order valence-corrected chi connectivity index (χ0v) is 13.0. The molecule has 1 amide bonds. The molecule has 0 saturated carbocycles. The largest absolute Gasteiger partial charge is 0.332 e. The molecule has 5 nitrogen and oxygen atoms in total. The summed E-state index contributed by atoms with van der Waals surface area (Å²) in [5.74, 6) is 0. The minimum Gasteiger partial charge on any atom is -0.332 e. The van der Waals surface area contributed by atoms with Gasteiger partial charge in [-0.1, -0.05) is 25.2 Å². The average Bonchev–Trinajstić information content (AvgIpc) is 2.37. The molecule has 0 aromatic rings. The maximum absolute atomic E-state index is 14.4. The predicted octanol–water partition coefficient (Wildman–Crippen LogP) is 1.30. The molecule has 0 radical (unpaired) electrons. The Morgan fingerprint density at radius 2 is 2.05 bits per heavy atom. The van der Waals surface area contributed by atoms with Crippen LogP contribution in [0.25, 0.3) is 0 Å². The van der Waals surface area contributed by atoms with Crippen molar-refractivity contribution < 1.29 is 17.6 Å². The Balaban J connectivity index is 3.16. The van der Waals surface area contributed by atoms with Gasteiger partial charge in [-0.3, -0.25) is 4.79 Å². The van der Waals surface area contributed by atoms with Crippen molar-refractivity contribution >= 4 is 16.4 Å². The molecule has 0 aromatic heterocycles. The van der Waals surface area contributed by atoms with Crippen LogP contribution in [0, 0.1) is 0 Å². The molecule has 0 N–H and O–H groups in total. The molecule has 20 heavy (non-hydrogen) atoms. The summed E-state index contributed by atoms with van der Waals surface area (Å²) in [7, 11) is -2.43. The summed E-state index contributed by atoms with van der Waals surface area (Å²) in [6.45, 7) is 4.64. The summed E-state index contributed by atoms with van der Waals surface area (Å²) < 4.78 is 40.9. The van der Waals surface area contributed by atoms with Crippen molar-refractivity contribution in [2.45, 2.75) is 37.9 Å². The van der Waals surface area contributed by atoms with Gasteiger partial charge >= 0.3 is 0 Å². The van der Waals surface area contributed by atoms with Gasteiger partial charge in [0.1, 0.15) is 10.9 Å². The molecule has 7 heteroatoms. The summed E-state index contributed by atoms with van der Waals surface area (Å²) in [5.41, 5.74) is -1.97. The van der Waals surface area contributed by atoms with E-state index < -0.39 is 27.1 Å². The number of sulfonamides is 1. The van der Waals surface area contributed by atoms with Crippen LogP contribution in [0.3, 0.4) is 0 Å². The lowest BCUT2D eigenvalue weighted by Crippen LogP contribution is -2.53.